The first-order chi connectivity index (χ1) is 2.41. The van der Waals surface area contributed by atoms with Crippen LogP contribution in [0.3, 0.4) is 0 Å². The van der Waals surface area contributed by atoms with E-state index in [1.165, 1.54) is 0 Å². The Morgan fingerprint density at radius 1 is 1.75 bits per heavy atom. The lowest BCUT2D eigenvalue weighted by atomic mass is 10.6. The molecule has 0 heterocycles. The number of hydrogen-bond donors (Lipinski definition) is 0. The Morgan fingerprint density at radius 2 is 2.50 bits per heavy atom. The van der Waals surface area contributed by atoms with Crippen LogP contribution in [0.25, 0.3) is 0 Å². The zero-order valence-electron chi connectivity index (χ0n) is 3.86. The van der Waals surface area contributed by atoms with Crippen LogP contribution in [0.15, 0.2) is 12.2 Å². The first kappa shape index (κ1) is 2.01. The fourth-order valence-corrected chi connectivity index (χ4v) is 0. The number of allylic oxidation sites excluding steroid dienone is 2. The molecule has 24 valence electrons. The van der Waals surface area contributed by atoms with Crippen LogP contribution in [0.4, 0.5) is 0 Å². The Labute approximate surface area is 28.5 Å². The van der Waals surface area contributed by atoms with Crippen molar-refractivity contribution in [2.75, 3.05) is 0 Å². The summed E-state index contributed by atoms with van der Waals surface area (Å²) in [5.74, 6) is 0. The van der Waals surface area contributed by atoms with Crippen molar-refractivity contribution in [2.45, 2.75) is 13.8 Å². The Morgan fingerprint density at radius 3 is 2.50 bits per heavy atom. The van der Waals surface area contributed by atoms with Crippen molar-refractivity contribution < 1.29 is 1.37 Å². The second kappa shape index (κ2) is 2.74. The van der Waals surface area contributed by atoms with Crippen LogP contribution in [0.2, 0.25) is 0 Å². The van der Waals surface area contributed by atoms with Crippen LogP contribution in [0.5, 0.6) is 0 Å². The van der Waals surface area contributed by atoms with E-state index >= 15 is 0 Å². The maximum atomic E-state index is 6.52. The van der Waals surface area contributed by atoms with Gasteiger partial charge in [0.1, 0.15) is 0 Å². The Bertz CT molecular complexity index is 30.6. The quantitative estimate of drug-likeness (QED) is 0.370. The lowest BCUT2D eigenvalue weighted by Crippen LogP contribution is -1.26. The molecule has 0 aliphatic heterocycles. The molecular weight excluding hydrogens is 48.0 g/mol. The van der Waals surface area contributed by atoms with E-state index < -0.39 is 0 Å². The maximum absolute atomic E-state index is 6.52. The molecule has 0 aromatic rings. The van der Waals surface area contributed by atoms with Crippen LogP contribution >= 0.6 is 0 Å². The second-order valence-electron chi connectivity index (χ2n) is 0.569. The van der Waals surface area contributed by atoms with Gasteiger partial charge in [-0.3, -0.25) is 0 Å². The molecule has 0 amide bonds. The highest BCUT2D eigenvalue weighted by atomic mass is 13.4. The Balaban J connectivity index is 2.62. The Kier molecular flexibility index (Phi) is 1.38. The first-order valence-electron chi connectivity index (χ1n) is 2.03. The zero-order chi connectivity index (χ0) is 4.12. The molecule has 0 aromatic carbocycles. The number of rotatable bonds is 0. The fourth-order valence-electron chi connectivity index (χ4n) is 0. The molecule has 0 heteroatoms. The van der Waals surface area contributed by atoms with E-state index in [1.807, 2.05) is 13.0 Å². The van der Waals surface area contributed by atoms with Gasteiger partial charge in [-0.1, -0.05) is 12.2 Å². The van der Waals surface area contributed by atoms with Crippen LogP contribution in [0.1, 0.15) is 15.2 Å². The van der Waals surface area contributed by atoms with Gasteiger partial charge in [-0.25, -0.2) is 0 Å². The lowest BCUT2D eigenvalue weighted by molar-refractivity contribution is 1.64. The monoisotopic (exact) mass is 57.1 g/mol. The summed E-state index contributed by atoms with van der Waals surface area (Å²) < 4.78 is 6.52. The highest BCUT2D eigenvalue weighted by Crippen LogP contribution is 1.57. The van der Waals surface area contributed by atoms with Crippen molar-refractivity contribution in [2.24, 2.45) is 0 Å². The molecular formula is C4H8. The summed E-state index contributed by atoms with van der Waals surface area (Å²) in [6.45, 7) is 2.32. The van der Waals surface area contributed by atoms with E-state index in [4.69, 9.17) is 1.37 Å². The highest BCUT2D eigenvalue weighted by molar-refractivity contribution is 4.68. The summed E-state index contributed by atoms with van der Waals surface area (Å²) in [6, 6.07) is 0. The minimum Gasteiger partial charge on any atom is -0.0919 e. The lowest BCUT2D eigenvalue weighted by Gasteiger charge is -1.49. The molecule has 0 saturated carbocycles. The van der Waals surface area contributed by atoms with Gasteiger partial charge < -0.3 is 0 Å². The third-order valence-corrected chi connectivity index (χ3v) is 0.236. The third kappa shape index (κ3) is 1.74. The van der Waals surface area contributed by atoms with Crippen molar-refractivity contribution in [1.82, 2.24) is 0 Å². The summed E-state index contributed by atoms with van der Waals surface area (Å²) in [4.78, 5) is 0. The molecule has 0 saturated heterocycles. The van der Waals surface area contributed by atoms with Crippen molar-refractivity contribution in [1.29, 1.82) is 0 Å². The van der Waals surface area contributed by atoms with Gasteiger partial charge in [0.2, 0.25) is 0 Å². The van der Waals surface area contributed by atoms with Gasteiger partial charge in [0, 0.05) is 1.37 Å². The molecule has 0 atom stereocenters. The van der Waals surface area contributed by atoms with Crippen LogP contribution in [0, 0.1) is 0 Å². The maximum Gasteiger partial charge on any atom is 0.0273 e. The van der Waals surface area contributed by atoms with Gasteiger partial charge in [-0.15, -0.1) is 0 Å². The molecule has 0 radical (unpaired) electrons. The molecule has 0 rings (SSSR count). The summed E-state index contributed by atoms with van der Waals surface area (Å²) in [5.41, 5.74) is 0. The van der Waals surface area contributed by atoms with E-state index in [0.717, 1.165) is 0 Å². The molecule has 0 spiro atoms. The molecule has 0 nitrogen and oxygen atoms in total. The van der Waals surface area contributed by atoms with Crippen molar-refractivity contribution in [3.63, 3.8) is 0 Å². The van der Waals surface area contributed by atoms with Gasteiger partial charge in [0.25, 0.3) is 0 Å². The average Bonchev–Trinajstić information content (AvgIpc) is 1.41. The summed E-state index contributed by atoms with van der Waals surface area (Å²) in [5, 5.41) is 0. The molecule has 0 unspecified atom stereocenters. The van der Waals surface area contributed by atoms with Gasteiger partial charge in [0.15, 0.2) is 0 Å². The van der Waals surface area contributed by atoms with Gasteiger partial charge >= 0.3 is 0 Å². The predicted molar refractivity (Wildman–Crippen MR) is 20.5 cm³/mol. The van der Waals surface area contributed by atoms with Crippen molar-refractivity contribution in [3.05, 3.63) is 12.2 Å². The standard InChI is InChI=1S/C4H8/c1-3-4-2/h3-4H,1-2H3/i1D. The second-order valence-corrected chi connectivity index (χ2v) is 0.569. The third-order valence-electron chi connectivity index (χ3n) is 0.236. The fraction of sp³-hybridized carbons (Fsp3) is 0.500. The normalized spacial score (nSPS) is 12.8. The molecule has 0 N–H and O–H groups in total. The summed E-state index contributed by atoms with van der Waals surface area (Å²) in [7, 11) is 0. The number of hydrogen-bond acceptors (Lipinski definition) is 0. The SMILES string of the molecule is [2H]CC=CC. The highest BCUT2D eigenvalue weighted by Gasteiger charge is 1.34. The average molecular weight is 57.1 g/mol. The molecule has 0 bridgehead atoms. The molecule has 0 fully saturated rings. The van der Waals surface area contributed by atoms with Crippen LogP contribution < -0.4 is 0 Å². The zero-order valence-corrected chi connectivity index (χ0v) is 2.86. The van der Waals surface area contributed by atoms with Gasteiger partial charge in [-0.2, -0.15) is 0 Å². The minimum absolute atomic E-state index is 0.413. The van der Waals surface area contributed by atoms with Gasteiger partial charge in [0.05, 0.1) is 0 Å². The van der Waals surface area contributed by atoms with Crippen molar-refractivity contribution in [3.8, 4) is 0 Å². The van der Waals surface area contributed by atoms with E-state index in [2.05, 4.69) is 0 Å². The van der Waals surface area contributed by atoms with Crippen LogP contribution in [-0.2, 0) is 0 Å². The molecule has 0 aliphatic carbocycles. The summed E-state index contributed by atoms with van der Waals surface area (Å²) >= 11 is 0. The largest absolute Gasteiger partial charge is 0.0919 e. The molecule has 0 aromatic heterocycles. The predicted octanol–water partition coefficient (Wildman–Crippen LogP) is 1.58. The summed E-state index contributed by atoms with van der Waals surface area (Å²) in [6.07, 6.45) is 3.66. The van der Waals surface area contributed by atoms with Gasteiger partial charge in [-0.05, 0) is 13.8 Å². The van der Waals surface area contributed by atoms with E-state index in [1.54, 1.807) is 6.08 Å². The van der Waals surface area contributed by atoms with E-state index in [-0.39, 0.29) is 0 Å². The molecule has 0 aliphatic rings. The van der Waals surface area contributed by atoms with E-state index in [0.29, 0.717) is 6.90 Å². The smallest absolute Gasteiger partial charge is 0.0273 e. The first-order valence-corrected chi connectivity index (χ1v) is 1.32. The van der Waals surface area contributed by atoms with Crippen molar-refractivity contribution >= 4 is 0 Å². The van der Waals surface area contributed by atoms with E-state index in [9.17, 15) is 0 Å². The topological polar surface area (TPSA) is 0 Å². The van der Waals surface area contributed by atoms with Crippen LogP contribution in [-0.4, -0.2) is 0 Å². The Hall–Kier alpha value is -0.260. The minimum atomic E-state index is 0.413. The molecule has 4 heavy (non-hydrogen) atoms.